The van der Waals surface area contributed by atoms with Gasteiger partial charge in [0.2, 0.25) is 5.91 Å². The van der Waals surface area contributed by atoms with Crippen molar-refractivity contribution in [3.63, 3.8) is 0 Å². The number of nitrogens with one attached hydrogen (secondary N) is 1. The van der Waals surface area contributed by atoms with Crippen molar-refractivity contribution in [1.29, 1.82) is 5.26 Å². The second-order valence-electron chi connectivity index (χ2n) is 8.50. The predicted molar refractivity (Wildman–Crippen MR) is 150 cm³/mol. The fourth-order valence-electron chi connectivity index (χ4n) is 3.98. The lowest BCUT2D eigenvalue weighted by Gasteiger charge is -2.18. The van der Waals surface area contributed by atoms with Crippen LogP contribution in [0.5, 0.6) is 11.5 Å². The van der Waals surface area contributed by atoms with Crippen molar-refractivity contribution in [1.82, 2.24) is 9.97 Å². The quantitative estimate of drug-likeness (QED) is 0.249. The fraction of sp³-hybridized carbons (Fsp3) is 0.200. The lowest BCUT2D eigenvalue weighted by Crippen LogP contribution is -2.25. The van der Waals surface area contributed by atoms with E-state index < -0.39 is 5.25 Å². The van der Waals surface area contributed by atoms with E-state index in [4.69, 9.17) is 14.5 Å². The van der Waals surface area contributed by atoms with Crippen LogP contribution in [-0.2, 0) is 4.79 Å². The molecule has 2 aromatic heterocycles. The molecule has 1 atom stereocenters. The highest BCUT2D eigenvalue weighted by atomic mass is 32.2. The summed E-state index contributed by atoms with van der Waals surface area (Å²) in [6.07, 6.45) is 2.19. The number of carbonyl (C=O) groups excluding carboxylic acids is 1. The van der Waals surface area contributed by atoms with Crippen LogP contribution in [0.2, 0.25) is 0 Å². The molecule has 4 rings (SSSR count). The molecule has 0 fully saturated rings. The summed E-state index contributed by atoms with van der Waals surface area (Å²) in [7, 11) is 3.18. The molecule has 38 heavy (non-hydrogen) atoms. The Bertz CT molecular complexity index is 1490. The van der Waals surface area contributed by atoms with E-state index in [1.165, 1.54) is 11.8 Å². The maximum absolute atomic E-state index is 13.2. The number of aromatic nitrogens is 2. The van der Waals surface area contributed by atoms with E-state index in [0.717, 1.165) is 11.1 Å². The van der Waals surface area contributed by atoms with Gasteiger partial charge in [-0.1, -0.05) is 49.0 Å². The summed E-state index contributed by atoms with van der Waals surface area (Å²) in [6, 6.07) is 23.1. The molecule has 1 amide bonds. The van der Waals surface area contributed by atoms with E-state index in [2.05, 4.69) is 16.4 Å². The lowest BCUT2D eigenvalue weighted by molar-refractivity contribution is -0.115. The number of hydrogen-bond donors (Lipinski definition) is 1. The molecule has 0 saturated heterocycles. The SMILES string of the molecule is CCC(Sc1nc(-c2ccccc2)cc(-c2cc(OC)ccc2OC)c1C#N)C(=O)Nc1cc(C)ccn1. The van der Waals surface area contributed by atoms with Crippen molar-refractivity contribution >= 4 is 23.5 Å². The number of hydrogen-bond acceptors (Lipinski definition) is 7. The number of methoxy groups -OCH3 is 2. The van der Waals surface area contributed by atoms with Crippen molar-refractivity contribution in [3.8, 4) is 40.0 Å². The maximum atomic E-state index is 13.2. The van der Waals surface area contributed by atoms with Crippen LogP contribution in [-0.4, -0.2) is 35.3 Å². The number of amides is 1. The monoisotopic (exact) mass is 524 g/mol. The Hall–Kier alpha value is -4.35. The Morgan fingerprint density at radius 3 is 2.50 bits per heavy atom. The van der Waals surface area contributed by atoms with Crippen LogP contribution in [0.25, 0.3) is 22.4 Å². The normalized spacial score (nSPS) is 11.3. The first-order chi connectivity index (χ1) is 18.5. The number of aryl methyl sites for hydroxylation is 1. The van der Waals surface area contributed by atoms with Crippen molar-refractivity contribution < 1.29 is 14.3 Å². The van der Waals surface area contributed by atoms with Gasteiger partial charge < -0.3 is 14.8 Å². The van der Waals surface area contributed by atoms with E-state index in [0.29, 0.717) is 51.1 Å². The molecule has 192 valence electrons. The van der Waals surface area contributed by atoms with Crippen LogP contribution in [0.1, 0.15) is 24.5 Å². The van der Waals surface area contributed by atoms with Gasteiger partial charge >= 0.3 is 0 Å². The van der Waals surface area contributed by atoms with Gasteiger partial charge in [0.25, 0.3) is 0 Å². The average Bonchev–Trinajstić information content (AvgIpc) is 2.95. The molecule has 0 aliphatic carbocycles. The van der Waals surface area contributed by atoms with Gasteiger partial charge in [-0.15, -0.1) is 0 Å². The smallest absolute Gasteiger partial charge is 0.239 e. The number of ether oxygens (including phenoxy) is 2. The molecule has 0 aliphatic heterocycles. The zero-order chi connectivity index (χ0) is 27.1. The third-order valence-corrected chi connectivity index (χ3v) is 7.30. The fourth-order valence-corrected chi connectivity index (χ4v) is 5.00. The molecular formula is C30H28N4O3S. The third kappa shape index (κ3) is 5.96. The molecule has 2 aromatic carbocycles. The number of pyridine rings is 2. The summed E-state index contributed by atoms with van der Waals surface area (Å²) in [4.78, 5) is 22.3. The summed E-state index contributed by atoms with van der Waals surface area (Å²) < 4.78 is 11.1. The Balaban J connectivity index is 1.83. The number of thioether (sulfide) groups is 1. The van der Waals surface area contributed by atoms with E-state index in [1.807, 2.05) is 74.5 Å². The minimum atomic E-state index is -0.497. The van der Waals surface area contributed by atoms with E-state index in [9.17, 15) is 10.1 Å². The van der Waals surface area contributed by atoms with E-state index in [1.54, 1.807) is 26.5 Å². The van der Waals surface area contributed by atoms with Crippen LogP contribution < -0.4 is 14.8 Å². The van der Waals surface area contributed by atoms with Gasteiger partial charge in [-0.05, 0) is 55.3 Å². The highest BCUT2D eigenvalue weighted by Gasteiger charge is 2.25. The molecule has 4 aromatic rings. The molecule has 0 spiro atoms. The van der Waals surface area contributed by atoms with E-state index in [-0.39, 0.29) is 5.91 Å². The molecule has 2 heterocycles. The molecule has 8 heteroatoms. The topological polar surface area (TPSA) is 97.1 Å². The zero-order valence-corrected chi connectivity index (χ0v) is 22.5. The van der Waals surface area contributed by atoms with Crippen LogP contribution >= 0.6 is 11.8 Å². The highest BCUT2D eigenvalue weighted by Crippen LogP contribution is 2.41. The van der Waals surface area contributed by atoms with Gasteiger partial charge in [0.1, 0.15) is 28.4 Å². The Kier molecular flexibility index (Phi) is 8.62. The molecule has 7 nitrogen and oxygen atoms in total. The maximum Gasteiger partial charge on any atom is 0.239 e. The first-order valence-corrected chi connectivity index (χ1v) is 13.0. The van der Waals surface area contributed by atoms with Crippen LogP contribution in [0, 0.1) is 18.3 Å². The van der Waals surface area contributed by atoms with Crippen molar-refractivity contribution in [3.05, 3.63) is 84.1 Å². The summed E-state index contributed by atoms with van der Waals surface area (Å²) in [5.41, 5.74) is 4.28. The number of nitrogens with zero attached hydrogens (tertiary/aromatic N) is 3. The molecule has 0 radical (unpaired) electrons. The number of anilines is 1. The second-order valence-corrected chi connectivity index (χ2v) is 9.69. The van der Waals surface area contributed by atoms with Crippen molar-refractivity contribution in [2.24, 2.45) is 0 Å². The number of carbonyl (C=O) groups is 1. The molecule has 0 aliphatic rings. The Morgan fingerprint density at radius 2 is 1.84 bits per heavy atom. The zero-order valence-electron chi connectivity index (χ0n) is 21.7. The standard InChI is InChI=1S/C30H28N4O3S/c1-5-27(29(35)34-28-15-19(2)13-14-32-28)38-30-24(18-31)22(17-25(33-30)20-9-7-6-8-10-20)23-16-21(36-3)11-12-26(23)37-4/h6-17,27H,5H2,1-4H3,(H,32,34,35). The molecule has 1 N–H and O–H groups in total. The van der Waals surface area contributed by atoms with Crippen molar-refractivity contribution in [2.45, 2.75) is 30.5 Å². The summed E-state index contributed by atoms with van der Waals surface area (Å²) >= 11 is 1.27. The average molecular weight is 525 g/mol. The van der Waals surface area contributed by atoms with Crippen LogP contribution in [0.15, 0.2) is 78.0 Å². The first kappa shape index (κ1) is 26.7. The highest BCUT2D eigenvalue weighted by molar-refractivity contribution is 8.00. The summed E-state index contributed by atoms with van der Waals surface area (Å²) in [5, 5.41) is 13.2. The summed E-state index contributed by atoms with van der Waals surface area (Å²) in [5.74, 6) is 1.52. The Labute approximate surface area is 226 Å². The Morgan fingerprint density at radius 1 is 1.05 bits per heavy atom. The van der Waals surface area contributed by atoms with Gasteiger partial charge in [-0.2, -0.15) is 5.26 Å². The molecule has 0 bridgehead atoms. The van der Waals surface area contributed by atoms with Crippen molar-refractivity contribution in [2.75, 3.05) is 19.5 Å². The van der Waals surface area contributed by atoms with E-state index >= 15 is 0 Å². The van der Waals surface area contributed by atoms with Gasteiger partial charge in [-0.25, -0.2) is 9.97 Å². The number of benzene rings is 2. The van der Waals surface area contributed by atoms with Gasteiger partial charge in [-0.3, -0.25) is 4.79 Å². The van der Waals surface area contributed by atoms with Gasteiger partial charge in [0.15, 0.2) is 0 Å². The first-order valence-electron chi connectivity index (χ1n) is 12.1. The summed E-state index contributed by atoms with van der Waals surface area (Å²) in [6.45, 7) is 3.87. The number of rotatable bonds is 9. The van der Waals surface area contributed by atoms with Gasteiger partial charge in [0, 0.05) is 22.9 Å². The minimum absolute atomic E-state index is 0.202. The molecular weight excluding hydrogens is 496 g/mol. The number of nitriles is 1. The predicted octanol–water partition coefficient (Wildman–Crippen LogP) is 6.52. The largest absolute Gasteiger partial charge is 0.497 e. The molecule has 1 unspecified atom stereocenters. The third-order valence-electron chi connectivity index (χ3n) is 5.95. The lowest BCUT2D eigenvalue weighted by atomic mass is 9.98. The minimum Gasteiger partial charge on any atom is -0.497 e. The molecule has 0 saturated carbocycles. The van der Waals surface area contributed by atoms with Gasteiger partial charge in [0.05, 0.1) is 30.7 Å². The van der Waals surface area contributed by atoms with Crippen LogP contribution in [0.4, 0.5) is 5.82 Å². The van der Waals surface area contributed by atoms with Crippen LogP contribution in [0.3, 0.4) is 0 Å². The second kappa shape index (κ2) is 12.3.